The monoisotopic (exact) mass is 313 g/mol. The molecule has 4 rings (SSSR count). The van der Waals surface area contributed by atoms with Gasteiger partial charge in [-0.1, -0.05) is 48.5 Å². The molecule has 5 nitrogen and oxygen atoms in total. The first-order valence-electron chi connectivity index (χ1n) is 7.65. The van der Waals surface area contributed by atoms with Crippen molar-refractivity contribution in [2.45, 2.75) is 0 Å². The van der Waals surface area contributed by atoms with Crippen molar-refractivity contribution in [2.24, 2.45) is 0 Å². The minimum atomic E-state index is 0.537. The van der Waals surface area contributed by atoms with Gasteiger partial charge in [-0.15, -0.1) is 0 Å². The number of anilines is 2. The molecule has 116 valence electrons. The van der Waals surface area contributed by atoms with Gasteiger partial charge in [0.05, 0.1) is 5.69 Å². The quantitative estimate of drug-likeness (QED) is 0.617. The van der Waals surface area contributed by atoms with Crippen molar-refractivity contribution in [3.8, 4) is 17.1 Å². The summed E-state index contributed by atoms with van der Waals surface area (Å²) in [4.78, 5) is 8.79. The molecule has 0 amide bonds. The smallest absolute Gasteiger partial charge is 0.229 e. The molecule has 2 heterocycles. The Hall–Kier alpha value is -3.47. The third-order valence-corrected chi connectivity index (χ3v) is 3.56. The molecule has 0 radical (unpaired) electrons. The zero-order valence-electron chi connectivity index (χ0n) is 12.9. The van der Waals surface area contributed by atoms with Gasteiger partial charge >= 0.3 is 0 Å². The summed E-state index contributed by atoms with van der Waals surface area (Å²) < 4.78 is 1.75. The molecule has 2 aromatic heterocycles. The number of hydrogen-bond donors (Lipinski definition) is 1. The molecule has 0 aliphatic carbocycles. The van der Waals surface area contributed by atoms with Crippen molar-refractivity contribution in [1.82, 2.24) is 19.7 Å². The van der Waals surface area contributed by atoms with Crippen LogP contribution in [0.1, 0.15) is 0 Å². The van der Waals surface area contributed by atoms with Crippen LogP contribution in [0.5, 0.6) is 0 Å². The van der Waals surface area contributed by atoms with E-state index in [0.717, 1.165) is 16.9 Å². The second-order valence-corrected chi connectivity index (χ2v) is 5.24. The predicted molar refractivity (Wildman–Crippen MR) is 94.3 cm³/mol. The van der Waals surface area contributed by atoms with Crippen molar-refractivity contribution in [2.75, 3.05) is 5.32 Å². The van der Waals surface area contributed by atoms with Crippen LogP contribution in [0.2, 0.25) is 0 Å². The van der Waals surface area contributed by atoms with Crippen LogP contribution >= 0.6 is 0 Å². The summed E-state index contributed by atoms with van der Waals surface area (Å²) in [6.45, 7) is 0. The van der Waals surface area contributed by atoms with E-state index in [0.29, 0.717) is 11.8 Å². The summed E-state index contributed by atoms with van der Waals surface area (Å²) in [6, 6.07) is 23.7. The lowest BCUT2D eigenvalue weighted by Gasteiger charge is -2.06. The molecule has 0 spiro atoms. The van der Waals surface area contributed by atoms with Crippen LogP contribution in [0, 0.1) is 0 Å². The van der Waals surface area contributed by atoms with Gasteiger partial charge < -0.3 is 5.32 Å². The maximum atomic E-state index is 4.60. The SMILES string of the molecule is c1ccc(Nc2nccc(-n3ccc(-c4ccccc4)n3)n2)cc1. The number of rotatable bonds is 4. The number of aromatic nitrogens is 4. The molecule has 0 unspecified atom stereocenters. The molecular weight excluding hydrogens is 298 g/mol. The van der Waals surface area contributed by atoms with Gasteiger partial charge in [-0.3, -0.25) is 0 Å². The molecule has 24 heavy (non-hydrogen) atoms. The number of nitrogens with one attached hydrogen (secondary N) is 1. The summed E-state index contributed by atoms with van der Waals surface area (Å²) in [7, 11) is 0. The maximum absolute atomic E-state index is 4.60. The van der Waals surface area contributed by atoms with Gasteiger partial charge in [-0.2, -0.15) is 10.1 Å². The Morgan fingerprint density at radius 1 is 0.792 bits per heavy atom. The molecule has 1 N–H and O–H groups in total. The summed E-state index contributed by atoms with van der Waals surface area (Å²) in [5.74, 6) is 1.25. The van der Waals surface area contributed by atoms with E-state index >= 15 is 0 Å². The minimum absolute atomic E-state index is 0.537. The van der Waals surface area contributed by atoms with Gasteiger partial charge in [-0.05, 0) is 18.2 Å². The van der Waals surface area contributed by atoms with Gasteiger partial charge in [0.25, 0.3) is 0 Å². The zero-order chi connectivity index (χ0) is 16.2. The van der Waals surface area contributed by atoms with Crippen molar-refractivity contribution >= 4 is 11.6 Å². The van der Waals surface area contributed by atoms with E-state index < -0.39 is 0 Å². The first-order valence-corrected chi connectivity index (χ1v) is 7.65. The van der Waals surface area contributed by atoms with E-state index in [9.17, 15) is 0 Å². The highest BCUT2D eigenvalue weighted by atomic mass is 15.3. The Labute approximate surface area is 139 Å². The van der Waals surface area contributed by atoms with E-state index in [1.54, 1.807) is 10.9 Å². The van der Waals surface area contributed by atoms with Crippen LogP contribution in [0.3, 0.4) is 0 Å². The summed E-state index contributed by atoms with van der Waals surface area (Å²) in [5.41, 5.74) is 2.93. The molecule has 0 saturated heterocycles. The highest BCUT2D eigenvalue weighted by molar-refractivity contribution is 5.58. The molecule has 0 atom stereocenters. The molecular formula is C19H15N5. The minimum Gasteiger partial charge on any atom is -0.324 e. The van der Waals surface area contributed by atoms with Crippen molar-refractivity contribution in [1.29, 1.82) is 0 Å². The fourth-order valence-corrected chi connectivity index (χ4v) is 2.40. The topological polar surface area (TPSA) is 55.6 Å². The normalized spacial score (nSPS) is 10.5. The van der Waals surface area contributed by atoms with Crippen molar-refractivity contribution in [3.05, 3.63) is 85.2 Å². The highest BCUT2D eigenvalue weighted by Gasteiger charge is 2.06. The Morgan fingerprint density at radius 3 is 2.33 bits per heavy atom. The zero-order valence-corrected chi connectivity index (χ0v) is 12.9. The Morgan fingerprint density at radius 2 is 1.54 bits per heavy atom. The van der Waals surface area contributed by atoms with Crippen LogP contribution in [0.4, 0.5) is 11.6 Å². The Bertz CT molecular complexity index is 932. The summed E-state index contributed by atoms with van der Waals surface area (Å²) in [5, 5.41) is 7.79. The standard InChI is InChI=1S/C19H15N5/c1-3-7-15(8-4-1)17-12-14-24(23-17)18-11-13-20-19(22-18)21-16-9-5-2-6-10-16/h1-14H,(H,20,21,22). The van der Waals surface area contributed by atoms with Gasteiger partial charge in [-0.25, -0.2) is 9.67 Å². The Balaban J connectivity index is 1.61. The van der Waals surface area contributed by atoms with Crippen LogP contribution in [0.25, 0.3) is 17.1 Å². The average Bonchev–Trinajstić information content (AvgIpc) is 3.14. The van der Waals surface area contributed by atoms with Gasteiger partial charge in [0.2, 0.25) is 5.95 Å². The summed E-state index contributed by atoms with van der Waals surface area (Å²) in [6.07, 6.45) is 3.62. The van der Waals surface area contributed by atoms with Crippen LogP contribution in [-0.2, 0) is 0 Å². The largest absolute Gasteiger partial charge is 0.324 e. The predicted octanol–water partition coefficient (Wildman–Crippen LogP) is 4.07. The lowest BCUT2D eigenvalue weighted by atomic mass is 10.2. The van der Waals surface area contributed by atoms with E-state index in [-0.39, 0.29) is 0 Å². The van der Waals surface area contributed by atoms with Crippen molar-refractivity contribution < 1.29 is 0 Å². The molecule has 0 saturated carbocycles. The number of benzene rings is 2. The van der Waals surface area contributed by atoms with Gasteiger partial charge in [0.15, 0.2) is 5.82 Å². The second-order valence-electron chi connectivity index (χ2n) is 5.24. The lowest BCUT2D eigenvalue weighted by Crippen LogP contribution is -2.03. The Kier molecular flexibility index (Phi) is 3.73. The maximum Gasteiger partial charge on any atom is 0.229 e. The number of nitrogens with zero attached hydrogens (tertiary/aromatic N) is 4. The fraction of sp³-hybridized carbons (Fsp3) is 0. The average molecular weight is 313 g/mol. The molecule has 0 fully saturated rings. The van der Waals surface area contributed by atoms with Gasteiger partial charge in [0.1, 0.15) is 0 Å². The van der Waals surface area contributed by atoms with Crippen molar-refractivity contribution in [3.63, 3.8) is 0 Å². The second kappa shape index (κ2) is 6.34. The third kappa shape index (κ3) is 3.01. The molecule has 4 aromatic rings. The van der Waals surface area contributed by atoms with E-state index in [2.05, 4.69) is 20.4 Å². The lowest BCUT2D eigenvalue weighted by molar-refractivity contribution is 0.845. The van der Waals surface area contributed by atoms with E-state index in [1.807, 2.05) is 79.0 Å². The number of hydrogen-bond acceptors (Lipinski definition) is 4. The number of para-hydroxylation sites is 1. The molecule has 2 aromatic carbocycles. The fourth-order valence-electron chi connectivity index (χ4n) is 2.40. The third-order valence-electron chi connectivity index (χ3n) is 3.56. The van der Waals surface area contributed by atoms with E-state index in [1.165, 1.54) is 0 Å². The first kappa shape index (κ1) is 14.1. The molecule has 0 aliphatic heterocycles. The van der Waals surface area contributed by atoms with Crippen LogP contribution in [0.15, 0.2) is 85.2 Å². The molecule has 5 heteroatoms. The molecule has 0 bridgehead atoms. The van der Waals surface area contributed by atoms with E-state index in [4.69, 9.17) is 0 Å². The van der Waals surface area contributed by atoms with Crippen LogP contribution < -0.4 is 5.32 Å². The summed E-state index contributed by atoms with van der Waals surface area (Å²) >= 11 is 0. The first-order chi connectivity index (χ1) is 11.9. The van der Waals surface area contributed by atoms with Crippen LogP contribution in [-0.4, -0.2) is 19.7 Å². The van der Waals surface area contributed by atoms with Gasteiger partial charge in [0, 0.05) is 29.7 Å². The highest BCUT2D eigenvalue weighted by Crippen LogP contribution is 2.18. The molecule has 0 aliphatic rings.